The quantitative estimate of drug-likeness (QED) is 0.621. The molecule has 0 saturated carbocycles. The molecule has 7 nitrogen and oxygen atoms in total. The number of amides is 1. The van der Waals surface area contributed by atoms with Gasteiger partial charge in [-0.25, -0.2) is 9.99 Å². The maximum Gasteiger partial charge on any atom is 0.222 e. The molecule has 0 saturated heterocycles. The molecule has 30 heavy (non-hydrogen) atoms. The second-order valence-corrected chi connectivity index (χ2v) is 6.99. The highest BCUT2D eigenvalue weighted by Gasteiger charge is 2.28. The van der Waals surface area contributed by atoms with Crippen LogP contribution in [-0.2, 0) is 11.2 Å². The van der Waals surface area contributed by atoms with Gasteiger partial charge in [0.05, 0.1) is 7.11 Å². The Labute approximate surface area is 175 Å². The lowest BCUT2D eigenvalue weighted by Gasteiger charge is -2.23. The Morgan fingerprint density at radius 1 is 1.17 bits per heavy atom. The van der Waals surface area contributed by atoms with E-state index >= 15 is 0 Å². The van der Waals surface area contributed by atoms with Crippen LogP contribution in [0.2, 0.25) is 0 Å². The van der Waals surface area contributed by atoms with Crippen molar-refractivity contribution in [2.24, 2.45) is 5.10 Å². The van der Waals surface area contributed by atoms with Crippen LogP contribution in [0.5, 0.6) is 5.75 Å². The number of guanidine groups is 1. The summed E-state index contributed by atoms with van der Waals surface area (Å²) in [6.45, 7) is 2.05. The minimum absolute atomic E-state index is 0.172. The third-order valence-electron chi connectivity index (χ3n) is 5.00. The van der Waals surface area contributed by atoms with Gasteiger partial charge in [-0.1, -0.05) is 36.4 Å². The van der Waals surface area contributed by atoms with Gasteiger partial charge in [0.15, 0.2) is 5.82 Å². The predicted octanol–water partition coefficient (Wildman–Crippen LogP) is 3.06. The van der Waals surface area contributed by atoms with E-state index in [9.17, 15) is 4.79 Å². The molecule has 4 rings (SSSR count). The van der Waals surface area contributed by atoms with E-state index in [-0.39, 0.29) is 6.17 Å². The first-order valence-corrected chi connectivity index (χ1v) is 9.67. The van der Waals surface area contributed by atoms with Crippen molar-refractivity contribution in [3.8, 4) is 16.9 Å². The monoisotopic (exact) mass is 401 g/mol. The summed E-state index contributed by atoms with van der Waals surface area (Å²) in [5, 5.41) is 12.2. The van der Waals surface area contributed by atoms with Crippen LogP contribution in [0.15, 0.2) is 72.0 Å². The summed E-state index contributed by atoms with van der Waals surface area (Å²) >= 11 is 0. The Morgan fingerprint density at radius 3 is 2.73 bits per heavy atom. The molecule has 152 valence electrons. The molecule has 0 spiro atoms. The standard InChI is InChI=1S/C23H23N5O2/c1-16-12-19(30-2)8-9-20(16)18-10-11-24-21(14-18)28-22(26-23(27-28)25-15-29)13-17-6-4-3-5-7-17/h3-12,14-15,22H,13H2,1-2H3,(H2,25,26,27,29). The van der Waals surface area contributed by atoms with Gasteiger partial charge >= 0.3 is 0 Å². The van der Waals surface area contributed by atoms with Crippen LogP contribution in [0.4, 0.5) is 5.82 Å². The number of aryl methyl sites for hydroxylation is 1. The first-order valence-electron chi connectivity index (χ1n) is 9.67. The Hall–Kier alpha value is -3.87. The van der Waals surface area contributed by atoms with Crippen molar-refractivity contribution in [2.75, 3.05) is 12.1 Å². The van der Waals surface area contributed by atoms with E-state index in [1.165, 1.54) is 0 Å². The number of nitrogens with zero attached hydrogens (tertiary/aromatic N) is 3. The number of carbonyl (C=O) groups is 1. The van der Waals surface area contributed by atoms with Gasteiger partial charge in [-0.3, -0.25) is 10.1 Å². The molecule has 0 aliphatic carbocycles. The average molecular weight is 401 g/mol. The summed E-state index contributed by atoms with van der Waals surface area (Å²) in [7, 11) is 1.66. The van der Waals surface area contributed by atoms with E-state index in [0.29, 0.717) is 24.6 Å². The van der Waals surface area contributed by atoms with E-state index in [4.69, 9.17) is 4.74 Å². The number of nitrogens with one attached hydrogen (secondary N) is 2. The van der Waals surface area contributed by atoms with Gasteiger partial charge in [0.25, 0.3) is 0 Å². The van der Waals surface area contributed by atoms with E-state index in [2.05, 4.69) is 39.8 Å². The lowest BCUT2D eigenvalue weighted by Crippen LogP contribution is -2.43. The second-order valence-electron chi connectivity index (χ2n) is 6.99. The zero-order chi connectivity index (χ0) is 20.9. The van der Waals surface area contributed by atoms with Crippen molar-refractivity contribution in [1.82, 2.24) is 15.6 Å². The zero-order valence-corrected chi connectivity index (χ0v) is 16.9. The van der Waals surface area contributed by atoms with Gasteiger partial charge in [0.1, 0.15) is 11.9 Å². The van der Waals surface area contributed by atoms with Crippen LogP contribution in [0, 0.1) is 6.92 Å². The fraction of sp³-hybridized carbons (Fsp3) is 0.174. The molecule has 0 fully saturated rings. The SMILES string of the molecule is COc1ccc(-c2ccnc(N3N=C(NC=O)NC3Cc3ccccc3)c2)c(C)c1. The van der Waals surface area contributed by atoms with Gasteiger partial charge in [-0.2, -0.15) is 0 Å². The molecule has 7 heteroatoms. The molecule has 1 atom stereocenters. The molecule has 1 unspecified atom stereocenters. The summed E-state index contributed by atoms with van der Waals surface area (Å²) < 4.78 is 5.31. The van der Waals surface area contributed by atoms with Crippen LogP contribution < -0.4 is 20.4 Å². The fourth-order valence-corrected chi connectivity index (χ4v) is 3.54. The number of hydrazone groups is 1. The lowest BCUT2D eigenvalue weighted by atomic mass is 10.0. The Balaban J connectivity index is 1.66. The number of carbonyl (C=O) groups excluding carboxylic acids is 1. The van der Waals surface area contributed by atoms with E-state index in [1.807, 2.05) is 48.5 Å². The molecule has 3 aromatic rings. The molecular formula is C23H23N5O2. The molecule has 1 aromatic heterocycles. The number of methoxy groups -OCH3 is 1. The highest BCUT2D eigenvalue weighted by Crippen LogP contribution is 2.30. The lowest BCUT2D eigenvalue weighted by molar-refractivity contribution is -0.108. The van der Waals surface area contributed by atoms with E-state index in [0.717, 1.165) is 28.0 Å². The molecule has 2 aromatic carbocycles. The number of aromatic nitrogens is 1. The van der Waals surface area contributed by atoms with Crippen molar-refractivity contribution in [1.29, 1.82) is 0 Å². The number of pyridine rings is 1. The number of rotatable bonds is 6. The van der Waals surface area contributed by atoms with Crippen LogP contribution in [0.3, 0.4) is 0 Å². The number of hydrogen-bond acceptors (Lipinski definition) is 6. The van der Waals surface area contributed by atoms with Gasteiger partial charge in [0, 0.05) is 12.6 Å². The Bertz CT molecular complexity index is 1070. The van der Waals surface area contributed by atoms with Crippen LogP contribution >= 0.6 is 0 Å². The van der Waals surface area contributed by atoms with Crippen molar-refractivity contribution in [3.63, 3.8) is 0 Å². The summed E-state index contributed by atoms with van der Waals surface area (Å²) in [6, 6.07) is 20.1. The van der Waals surface area contributed by atoms with Crippen molar-refractivity contribution in [3.05, 3.63) is 78.0 Å². The van der Waals surface area contributed by atoms with Gasteiger partial charge in [-0.05, 0) is 53.4 Å². The largest absolute Gasteiger partial charge is 0.497 e. The molecule has 0 bridgehead atoms. The normalized spacial score (nSPS) is 15.3. The Kier molecular flexibility index (Phi) is 5.61. The summed E-state index contributed by atoms with van der Waals surface area (Å²) in [4.78, 5) is 15.5. The summed E-state index contributed by atoms with van der Waals surface area (Å²) in [5.41, 5.74) is 4.40. The predicted molar refractivity (Wildman–Crippen MR) is 117 cm³/mol. The number of benzene rings is 2. The first kappa shape index (κ1) is 19.4. The molecule has 1 aliphatic heterocycles. The van der Waals surface area contributed by atoms with Crippen LogP contribution in [0.25, 0.3) is 11.1 Å². The maximum absolute atomic E-state index is 10.9. The zero-order valence-electron chi connectivity index (χ0n) is 16.9. The first-order chi connectivity index (χ1) is 14.7. The van der Waals surface area contributed by atoms with E-state index < -0.39 is 0 Å². The van der Waals surface area contributed by atoms with Gasteiger partial charge in [0.2, 0.25) is 12.4 Å². The molecule has 1 amide bonds. The summed E-state index contributed by atoms with van der Waals surface area (Å²) in [6.07, 6.45) is 2.91. The van der Waals surface area contributed by atoms with Gasteiger partial charge in [-0.15, -0.1) is 5.10 Å². The number of hydrogen-bond donors (Lipinski definition) is 2. The minimum Gasteiger partial charge on any atom is -0.497 e. The number of ether oxygens (including phenoxy) is 1. The fourth-order valence-electron chi connectivity index (χ4n) is 3.54. The highest BCUT2D eigenvalue weighted by atomic mass is 16.5. The number of anilines is 1. The summed E-state index contributed by atoms with van der Waals surface area (Å²) in [5.74, 6) is 1.92. The topological polar surface area (TPSA) is 78.8 Å². The highest BCUT2D eigenvalue weighted by molar-refractivity contribution is 5.91. The van der Waals surface area contributed by atoms with Crippen LogP contribution in [-0.4, -0.2) is 30.6 Å². The second kappa shape index (κ2) is 8.65. The van der Waals surface area contributed by atoms with Crippen LogP contribution in [0.1, 0.15) is 11.1 Å². The van der Waals surface area contributed by atoms with Gasteiger partial charge < -0.3 is 10.1 Å². The minimum atomic E-state index is -0.172. The van der Waals surface area contributed by atoms with Crippen molar-refractivity contribution < 1.29 is 9.53 Å². The smallest absolute Gasteiger partial charge is 0.222 e. The molecule has 0 radical (unpaired) electrons. The average Bonchev–Trinajstić information content (AvgIpc) is 3.17. The molecular weight excluding hydrogens is 378 g/mol. The molecule has 2 N–H and O–H groups in total. The molecule has 1 aliphatic rings. The molecule has 2 heterocycles. The third-order valence-corrected chi connectivity index (χ3v) is 5.00. The Morgan fingerprint density at radius 2 is 2.00 bits per heavy atom. The third kappa shape index (κ3) is 4.10. The van der Waals surface area contributed by atoms with Crippen molar-refractivity contribution >= 4 is 18.2 Å². The van der Waals surface area contributed by atoms with Crippen molar-refractivity contribution in [2.45, 2.75) is 19.5 Å². The van der Waals surface area contributed by atoms with E-state index in [1.54, 1.807) is 18.3 Å². The maximum atomic E-state index is 10.9.